The molecular formula is C25H19ClO4. The number of aryl methyl sites for hydroxylation is 1. The van der Waals surface area contributed by atoms with Gasteiger partial charge in [0.1, 0.15) is 18.1 Å². The SMILES string of the molecule is C#CCOc1ccc(C(=O)c2ccc(OC(=O)c3cc(Cl)cc(CC)c3)cc2)cc1. The molecule has 0 saturated carbocycles. The summed E-state index contributed by atoms with van der Waals surface area (Å²) >= 11 is 6.06. The van der Waals surface area contributed by atoms with Crippen LogP contribution >= 0.6 is 11.6 Å². The molecule has 0 radical (unpaired) electrons. The summed E-state index contributed by atoms with van der Waals surface area (Å²) in [6.07, 6.45) is 5.92. The smallest absolute Gasteiger partial charge is 0.343 e. The van der Waals surface area contributed by atoms with Crippen molar-refractivity contribution in [2.45, 2.75) is 13.3 Å². The predicted octanol–water partition coefficient (Wildman–Crippen LogP) is 5.36. The summed E-state index contributed by atoms with van der Waals surface area (Å²) in [7, 11) is 0. The second-order valence-electron chi connectivity index (χ2n) is 6.46. The summed E-state index contributed by atoms with van der Waals surface area (Å²) in [5.41, 5.74) is 2.32. The highest BCUT2D eigenvalue weighted by Crippen LogP contribution is 2.21. The minimum atomic E-state index is -0.506. The second kappa shape index (κ2) is 9.78. The number of carbonyl (C=O) groups excluding carboxylic acids is 2. The molecule has 0 saturated heterocycles. The Hall–Kier alpha value is -3.55. The number of ketones is 1. The zero-order chi connectivity index (χ0) is 21.5. The topological polar surface area (TPSA) is 52.6 Å². The summed E-state index contributed by atoms with van der Waals surface area (Å²) in [4.78, 5) is 25.0. The van der Waals surface area contributed by atoms with Gasteiger partial charge in [-0.3, -0.25) is 4.79 Å². The third-order valence-electron chi connectivity index (χ3n) is 4.37. The molecule has 0 N–H and O–H groups in total. The first-order valence-electron chi connectivity index (χ1n) is 9.33. The number of hydrogen-bond acceptors (Lipinski definition) is 4. The van der Waals surface area contributed by atoms with Crippen LogP contribution in [0, 0.1) is 12.3 Å². The zero-order valence-electron chi connectivity index (χ0n) is 16.4. The monoisotopic (exact) mass is 418 g/mol. The molecule has 5 heteroatoms. The number of esters is 1. The quantitative estimate of drug-likeness (QED) is 0.224. The van der Waals surface area contributed by atoms with Gasteiger partial charge in [-0.1, -0.05) is 24.4 Å². The van der Waals surface area contributed by atoms with Crippen LogP contribution in [0.15, 0.2) is 66.7 Å². The van der Waals surface area contributed by atoms with E-state index in [0.717, 1.165) is 12.0 Å². The fourth-order valence-electron chi connectivity index (χ4n) is 2.81. The van der Waals surface area contributed by atoms with Gasteiger partial charge in [-0.25, -0.2) is 4.79 Å². The first-order valence-corrected chi connectivity index (χ1v) is 9.70. The Morgan fingerprint density at radius 1 is 0.900 bits per heavy atom. The molecule has 30 heavy (non-hydrogen) atoms. The van der Waals surface area contributed by atoms with Crippen molar-refractivity contribution in [3.8, 4) is 23.8 Å². The summed E-state index contributed by atoms with van der Waals surface area (Å²) in [5, 5.41) is 0.484. The minimum absolute atomic E-state index is 0.154. The Morgan fingerprint density at radius 3 is 2.07 bits per heavy atom. The Bertz CT molecular complexity index is 1090. The number of hydrogen-bond donors (Lipinski definition) is 0. The lowest BCUT2D eigenvalue weighted by Crippen LogP contribution is -2.09. The first-order chi connectivity index (χ1) is 14.5. The molecule has 3 rings (SSSR count). The molecule has 3 aromatic carbocycles. The van der Waals surface area contributed by atoms with Crippen LogP contribution in [0.1, 0.15) is 38.8 Å². The molecule has 3 aromatic rings. The molecule has 0 heterocycles. The van der Waals surface area contributed by atoms with Gasteiger partial charge < -0.3 is 9.47 Å². The number of rotatable bonds is 7. The van der Waals surface area contributed by atoms with Gasteiger partial charge in [0.05, 0.1) is 5.56 Å². The molecule has 0 spiro atoms. The van der Waals surface area contributed by atoms with Crippen LogP contribution in [0.25, 0.3) is 0 Å². The van der Waals surface area contributed by atoms with Crippen molar-refractivity contribution < 1.29 is 19.1 Å². The Labute approximate surface area is 180 Å². The standard InChI is InChI=1S/C25H19ClO4/c1-3-13-29-22-9-5-18(6-10-22)24(27)19-7-11-23(12-8-19)30-25(28)20-14-17(4-2)15-21(26)16-20/h1,5-12,14-16H,4,13H2,2H3. The fourth-order valence-corrected chi connectivity index (χ4v) is 3.06. The van der Waals surface area contributed by atoms with E-state index in [-0.39, 0.29) is 12.4 Å². The van der Waals surface area contributed by atoms with Gasteiger partial charge in [-0.2, -0.15) is 0 Å². The van der Waals surface area contributed by atoms with Crippen molar-refractivity contribution in [1.82, 2.24) is 0 Å². The summed E-state index contributed by atoms with van der Waals surface area (Å²) in [6, 6.07) is 18.3. The van der Waals surface area contributed by atoms with Crippen LogP contribution in [-0.2, 0) is 6.42 Å². The Balaban J connectivity index is 1.68. The molecule has 0 aliphatic heterocycles. The van der Waals surface area contributed by atoms with E-state index in [1.54, 1.807) is 60.7 Å². The predicted molar refractivity (Wildman–Crippen MR) is 116 cm³/mol. The zero-order valence-corrected chi connectivity index (χ0v) is 17.1. The molecule has 0 aliphatic rings. The highest BCUT2D eigenvalue weighted by Gasteiger charge is 2.13. The highest BCUT2D eigenvalue weighted by atomic mass is 35.5. The van der Waals surface area contributed by atoms with Crippen molar-refractivity contribution in [1.29, 1.82) is 0 Å². The highest BCUT2D eigenvalue weighted by molar-refractivity contribution is 6.31. The average molecular weight is 419 g/mol. The van der Waals surface area contributed by atoms with E-state index < -0.39 is 5.97 Å². The first kappa shape index (κ1) is 21.2. The molecule has 0 atom stereocenters. The molecule has 150 valence electrons. The minimum Gasteiger partial charge on any atom is -0.481 e. The van der Waals surface area contributed by atoms with E-state index in [4.69, 9.17) is 27.5 Å². The van der Waals surface area contributed by atoms with E-state index in [0.29, 0.717) is 33.2 Å². The summed E-state index contributed by atoms with van der Waals surface area (Å²) < 4.78 is 10.7. The number of ether oxygens (including phenoxy) is 2. The van der Waals surface area contributed by atoms with Crippen LogP contribution in [-0.4, -0.2) is 18.4 Å². The van der Waals surface area contributed by atoms with E-state index in [2.05, 4.69) is 5.92 Å². The molecule has 0 unspecified atom stereocenters. The molecule has 0 amide bonds. The number of benzene rings is 3. The molecule has 0 bridgehead atoms. The van der Waals surface area contributed by atoms with Crippen molar-refractivity contribution >= 4 is 23.4 Å². The van der Waals surface area contributed by atoms with Crippen LogP contribution in [0.2, 0.25) is 5.02 Å². The van der Waals surface area contributed by atoms with Gasteiger partial charge in [0.2, 0.25) is 0 Å². The third kappa shape index (κ3) is 5.28. The Morgan fingerprint density at radius 2 is 1.50 bits per heavy atom. The van der Waals surface area contributed by atoms with Gasteiger partial charge in [0.25, 0.3) is 0 Å². The van der Waals surface area contributed by atoms with Crippen LogP contribution in [0.3, 0.4) is 0 Å². The molecular weight excluding hydrogens is 400 g/mol. The maximum atomic E-state index is 12.6. The van der Waals surface area contributed by atoms with Gasteiger partial charge in [0.15, 0.2) is 5.78 Å². The number of terminal acetylenes is 1. The van der Waals surface area contributed by atoms with Crippen molar-refractivity contribution in [3.63, 3.8) is 0 Å². The molecule has 0 fully saturated rings. The van der Waals surface area contributed by atoms with Crippen LogP contribution in [0.5, 0.6) is 11.5 Å². The average Bonchev–Trinajstić information content (AvgIpc) is 2.77. The van der Waals surface area contributed by atoms with Gasteiger partial charge >= 0.3 is 5.97 Å². The van der Waals surface area contributed by atoms with E-state index in [9.17, 15) is 9.59 Å². The van der Waals surface area contributed by atoms with E-state index in [1.807, 2.05) is 13.0 Å². The maximum absolute atomic E-state index is 12.6. The van der Waals surface area contributed by atoms with Crippen molar-refractivity contribution in [3.05, 3.63) is 94.0 Å². The summed E-state index contributed by atoms with van der Waals surface area (Å²) in [6.45, 7) is 2.15. The van der Waals surface area contributed by atoms with Crippen molar-refractivity contribution in [2.24, 2.45) is 0 Å². The molecule has 0 aromatic heterocycles. The van der Waals surface area contributed by atoms with Crippen molar-refractivity contribution in [2.75, 3.05) is 6.61 Å². The second-order valence-corrected chi connectivity index (χ2v) is 6.90. The van der Waals surface area contributed by atoms with Gasteiger partial charge in [-0.15, -0.1) is 6.42 Å². The third-order valence-corrected chi connectivity index (χ3v) is 4.59. The van der Waals surface area contributed by atoms with E-state index >= 15 is 0 Å². The van der Waals surface area contributed by atoms with E-state index in [1.165, 1.54) is 0 Å². The lowest BCUT2D eigenvalue weighted by molar-refractivity contribution is 0.0734. The summed E-state index contributed by atoms with van der Waals surface area (Å²) in [5.74, 6) is 2.66. The lowest BCUT2D eigenvalue weighted by Gasteiger charge is -2.08. The maximum Gasteiger partial charge on any atom is 0.343 e. The van der Waals surface area contributed by atoms with Crippen LogP contribution < -0.4 is 9.47 Å². The normalized spacial score (nSPS) is 10.2. The molecule has 4 nitrogen and oxygen atoms in total. The molecule has 0 aliphatic carbocycles. The van der Waals surface area contributed by atoms with Gasteiger partial charge in [-0.05, 0) is 78.7 Å². The Kier molecular flexibility index (Phi) is 6.90. The fraction of sp³-hybridized carbons (Fsp3) is 0.120. The van der Waals surface area contributed by atoms with Crippen LogP contribution in [0.4, 0.5) is 0 Å². The number of carbonyl (C=O) groups is 2. The lowest BCUT2D eigenvalue weighted by atomic mass is 10.0. The van der Waals surface area contributed by atoms with Gasteiger partial charge in [0, 0.05) is 16.1 Å². The largest absolute Gasteiger partial charge is 0.481 e. The number of halogens is 1.